The number of halogens is 1. The molecular formula is C16H23ClN4O2. The van der Waals surface area contributed by atoms with Crippen LogP contribution in [0.3, 0.4) is 0 Å². The van der Waals surface area contributed by atoms with Crippen LogP contribution in [0.25, 0.3) is 0 Å². The van der Waals surface area contributed by atoms with E-state index in [1.165, 1.54) is 6.20 Å². The van der Waals surface area contributed by atoms with Crippen molar-refractivity contribution in [2.24, 2.45) is 5.92 Å². The van der Waals surface area contributed by atoms with Crippen LogP contribution in [0.4, 0.5) is 5.82 Å². The monoisotopic (exact) mass is 338 g/mol. The lowest BCUT2D eigenvalue weighted by Gasteiger charge is -2.34. The minimum Gasteiger partial charge on any atom is -0.356 e. The summed E-state index contributed by atoms with van der Waals surface area (Å²) in [6.45, 7) is 5.93. The predicted octanol–water partition coefficient (Wildman–Crippen LogP) is 1.91. The lowest BCUT2D eigenvalue weighted by atomic mass is 9.95. The first-order valence-electron chi connectivity index (χ1n) is 7.95. The van der Waals surface area contributed by atoms with Crippen LogP contribution in [0.2, 0.25) is 5.02 Å². The van der Waals surface area contributed by atoms with Gasteiger partial charge in [0.15, 0.2) is 0 Å². The third-order valence-corrected chi connectivity index (χ3v) is 4.38. The molecule has 2 N–H and O–H groups in total. The Morgan fingerprint density at radius 3 is 2.65 bits per heavy atom. The molecule has 7 heteroatoms. The van der Waals surface area contributed by atoms with Gasteiger partial charge in [-0.25, -0.2) is 4.98 Å². The number of pyridine rings is 1. The number of hydrogen-bond acceptors (Lipinski definition) is 4. The van der Waals surface area contributed by atoms with E-state index >= 15 is 0 Å². The lowest BCUT2D eigenvalue weighted by molar-refractivity contribution is -0.127. The quantitative estimate of drug-likeness (QED) is 0.860. The summed E-state index contributed by atoms with van der Waals surface area (Å²) in [5.74, 6) is 0.564. The van der Waals surface area contributed by atoms with Gasteiger partial charge in [0.25, 0.3) is 0 Å². The summed E-state index contributed by atoms with van der Waals surface area (Å²) in [7, 11) is 0. The molecule has 6 nitrogen and oxygen atoms in total. The number of rotatable bonds is 5. The van der Waals surface area contributed by atoms with Gasteiger partial charge in [0.2, 0.25) is 11.8 Å². The minimum atomic E-state index is -0.261. The normalized spacial score (nSPS) is 17.5. The molecular weight excluding hydrogens is 316 g/mol. The zero-order valence-corrected chi connectivity index (χ0v) is 14.3. The second-order valence-electron chi connectivity index (χ2n) is 5.73. The van der Waals surface area contributed by atoms with Crippen LogP contribution < -0.4 is 10.6 Å². The first kappa shape index (κ1) is 17.7. The molecule has 0 radical (unpaired) electrons. The number of nitrogens with one attached hydrogen (secondary N) is 2. The molecule has 0 saturated carbocycles. The van der Waals surface area contributed by atoms with Crippen LogP contribution in [0, 0.1) is 5.92 Å². The number of carbonyl (C=O) groups is 2. The van der Waals surface area contributed by atoms with E-state index in [2.05, 4.69) is 20.5 Å². The predicted molar refractivity (Wildman–Crippen MR) is 90.3 cm³/mol. The summed E-state index contributed by atoms with van der Waals surface area (Å²) in [5.41, 5.74) is 0. The molecule has 1 saturated heterocycles. The van der Waals surface area contributed by atoms with Crippen molar-refractivity contribution in [1.29, 1.82) is 0 Å². The van der Waals surface area contributed by atoms with Gasteiger partial charge in [-0.3, -0.25) is 14.5 Å². The van der Waals surface area contributed by atoms with Gasteiger partial charge >= 0.3 is 0 Å². The van der Waals surface area contributed by atoms with E-state index in [0.29, 0.717) is 17.4 Å². The van der Waals surface area contributed by atoms with Crippen LogP contribution in [-0.4, -0.2) is 47.4 Å². The zero-order valence-electron chi connectivity index (χ0n) is 13.5. The van der Waals surface area contributed by atoms with E-state index in [-0.39, 0.29) is 23.8 Å². The Hall–Kier alpha value is -1.66. The van der Waals surface area contributed by atoms with Crippen molar-refractivity contribution < 1.29 is 9.59 Å². The largest absolute Gasteiger partial charge is 0.356 e. The molecule has 126 valence electrons. The summed E-state index contributed by atoms with van der Waals surface area (Å²) in [6, 6.07) is 3.10. The van der Waals surface area contributed by atoms with Crippen LogP contribution in [0.1, 0.15) is 26.7 Å². The Morgan fingerprint density at radius 2 is 2.09 bits per heavy atom. The number of likely N-dealkylation sites (tertiary alicyclic amines) is 1. The maximum Gasteiger partial charge on any atom is 0.242 e. The number of hydrogen-bond donors (Lipinski definition) is 2. The molecule has 0 bridgehead atoms. The Labute approximate surface area is 141 Å². The molecule has 1 aromatic heterocycles. The summed E-state index contributed by atoms with van der Waals surface area (Å²) >= 11 is 5.78. The number of carbonyl (C=O) groups excluding carboxylic acids is 2. The fraction of sp³-hybridized carbons (Fsp3) is 0.562. The summed E-state index contributed by atoms with van der Waals surface area (Å²) in [6.07, 6.45) is 3.06. The van der Waals surface area contributed by atoms with Gasteiger partial charge in [-0.2, -0.15) is 0 Å². The molecule has 1 aliphatic heterocycles. The van der Waals surface area contributed by atoms with Crippen LogP contribution >= 0.6 is 11.6 Å². The first-order chi connectivity index (χ1) is 11.0. The molecule has 1 unspecified atom stereocenters. The molecule has 2 amide bonds. The molecule has 0 aromatic carbocycles. The SMILES string of the molecule is CCNC(=O)C1CCN(C(C)C(=O)Nc2ccc(Cl)cn2)CC1. The van der Waals surface area contributed by atoms with Crippen molar-refractivity contribution in [3.05, 3.63) is 23.4 Å². The Kier molecular flexibility index (Phi) is 6.36. The van der Waals surface area contributed by atoms with Crippen molar-refractivity contribution in [2.45, 2.75) is 32.7 Å². The molecule has 0 aliphatic carbocycles. The number of piperidine rings is 1. The van der Waals surface area contributed by atoms with Gasteiger partial charge in [-0.1, -0.05) is 11.6 Å². The number of anilines is 1. The Morgan fingerprint density at radius 1 is 1.39 bits per heavy atom. The number of nitrogens with zero attached hydrogens (tertiary/aromatic N) is 2. The average Bonchev–Trinajstić information content (AvgIpc) is 2.56. The van der Waals surface area contributed by atoms with Crippen molar-refractivity contribution in [3.8, 4) is 0 Å². The summed E-state index contributed by atoms with van der Waals surface area (Å²) < 4.78 is 0. The third kappa shape index (κ3) is 4.91. The summed E-state index contributed by atoms with van der Waals surface area (Å²) in [5, 5.41) is 6.19. The molecule has 2 rings (SSSR count). The van der Waals surface area contributed by atoms with E-state index in [0.717, 1.165) is 25.9 Å². The van der Waals surface area contributed by atoms with Gasteiger partial charge in [-0.05, 0) is 51.9 Å². The smallest absolute Gasteiger partial charge is 0.242 e. The lowest BCUT2D eigenvalue weighted by Crippen LogP contribution is -2.48. The zero-order chi connectivity index (χ0) is 16.8. The van der Waals surface area contributed by atoms with Gasteiger partial charge in [0, 0.05) is 18.7 Å². The van der Waals surface area contributed by atoms with E-state index in [4.69, 9.17) is 11.6 Å². The molecule has 2 heterocycles. The van der Waals surface area contributed by atoms with Crippen molar-refractivity contribution >= 4 is 29.2 Å². The molecule has 1 fully saturated rings. The number of aromatic nitrogens is 1. The molecule has 1 atom stereocenters. The topological polar surface area (TPSA) is 74.3 Å². The maximum atomic E-state index is 12.3. The molecule has 1 aromatic rings. The summed E-state index contributed by atoms with van der Waals surface area (Å²) in [4.78, 5) is 30.3. The van der Waals surface area contributed by atoms with Gasteiger partial charge < -0.3 is 10.6 Å². The second-order valence-corrected chi connectivity index (χ2v) is 6.17. The van der Waals surface area contributed by atoms with Gasteiger partial charge in [0.05, 0.1) is 11.1 Å². The molecule has 23 heavy (non-hydrogen) atoms. The second kappa shape index (κ2) is 8.26. The molecule has 0 spiro atoms. The van der Waals surface area contributed by atoms with Crippen molar-refractivity contribution in [3.63, 3.8) is 0 Å². The van der Waals surface area contributed by atoms with E-state index in [1.54, 1.807) is 12.1 Å². The fourth-order valence-corrected chi connectivity index (χ4v) is 2.83. The maximum absolute atomic E-state index is 12.3. The first-order valence-corrected chi connectivity index (χ1v) is 8.33. The van der Waals surface area contributed by atoms with E-state index in [9.17, 15) is 9.59 Å². The van der Waals surface area contributed by atoms with Crippen molar-refractivity contribution in [1.82, 2.24) is 15.2 Å². The third-order valence-electron chi connectivity index (χ3n) is 4.16. The van der Waals surface area contributed by atoms with Crippen LogP contribution in [-0.2, 0) is 9.59 Å². The standard InChI is InChI=1S/C16H23ClN4O2/c1-3-18-16(23)12-6-8-21(9-7-12)11(2)15(22)20-14-5-4-13(17)10-19-14/h4-5,10-12H,3,6-9H2,1-2H3,(H,18,23)(H,19,20,22). The Balaban J connectivity index is 1.84. The van der Waals surface area contributed by atoms with Gasteiger partial charge in [0.1, 0.15) is 5.82 Å². The van der Waals surface area contributed by atoms with Gasteiger partial charge in [-0.15, -0.1) is 0 Å². The van der Waals surface area contributed by atoms with Crippen molar-refractivity contribution in [2.75, 3.05) is 25.0 Å². The highest BCUT2D eigenvalue weighted by Crippen LogP contribution is 2.20. The van der Waals surface area contributed by atoms with E-state index < -0.39 is 0 Å². The van der Waals surface area contributed by atoms with E-state index in [1.807, 2.05) is 13.8 Å². The average molecular weight is 339 g/mol. The van der Waals surface area contributed by atoms with Crippen LogP contribution in [0.15, 0.2) is 18.3 Å². The van der Waals surface area contributed by atoms with Crippen LogP contribution in [0.5, 0.6) is 0 Å². The molecule has 1 aliphatic rings. The highest BCUT2D eigenvalue weighted by atomic mass is 35.5. The minimum absolute atomic E-state index is 0.0550. The highest BCUT2D eigenvalue weighted by Gasteiger charge is 2.29. The number of amides is 2. The Bertz CT molecular complexity index is 542. The highest BCUT2D eigenvalue weighted by molar-refractivity contribution is 6.30. The fourth-order valence-electron chi connectivity index (χ4n) is 2.71.